The topological polar surface area (TPSA) is 103 Å². The number of thioether (sulfide) groups is 1. The summed E-state index contributed by atoms with van der Waals surface area (Å²) in [4.78, 5) is 25.6. The number of nitrogens with zero attached hydrogens (tertiary/aromatic N) is 3. The molecule has 2 aromatic heterocycles. The first kappa shape index (κ1) is 18.7. The Kier molecular flexibility index (Phi) is 5.45. The fourth-order valence-corrected chi connectivity index (χ4v) is 5.34. The van der Waals surface area contributed by atoms with Crippen LogP contribution in [0.1, 0.15) is 33.6 Å². The molecule has 144 valence electrons. The second-order valence-corrected chi connectivity index (χ2v) is 8.48. The molecule has 0 atom stereocenters. The van der Waals surface area contributed by atoms with E-state index in [9.17, 15) is 9.59 Å². The Morgan fingerprint density at radius 2 is 2.00 bits per heavy atom. The number of carbonyl (C=O) groups excluding carboxylic acids is 2. The van der Waals surface area contributed by atoms with Gasteiger partial charge in [0.15, 0.2) is 5.16 Å². The van der Waals surface area contributed by atoms with Gasteiger partial charge in [0.1, 0.15) is 11.3 Å². The van der Waals surface area contributed by atoms with E-state index < -0.39 is 5.91 Å². The number of primary amides is 1. The fourth-order valence-electron chi connectivity index (χ4n) is 3.30. The largest absolute Gasteiger partial charge is 0.365 e. The lowest BCUT2D eigenvalue weighted by Gasteiger charge is -2.11. The van der Waals surface area contributed by atoms with Crippen LogP contribution in [0.25, 0.3) is 5.69 Å². The van der Waals surface area contributed by atoms with Crippen LogP contribution in [0.3, 0.4) is 0 Å². The zero-order chi connectivity index (χ0) is 19.5. The van der Waals surface area contributed by atoms with Crippen molar-refractivity contribution in [3.63, 3.8) is 0 Å². The molecule has 0 saturated carbocycles. The first-order chi connectivity index (χ1) is 13.6. The molecule has 0 saturated heterocycles. The maximum absolute atomic E-state index is 12.5. The summed E-state index contributed by atoms with van der Waals surface area (Å²) < 4.78 is 1.83. The van der Waals surface area contributed by atoms with E-state index in [1.807, 2.05) is 34.9 Å². The zero-order valence-corrected chi connectivity index (χ0v) is 16.7. The molecule has 0 spiro atoms. The van der Waals surface area contributed by atoms with E-state index in [4.69, 9.17) is 5.73 Å². The lowest BCUT2D eigenvalue weighted by molar-refractivity contribution is -0.113. The van der Waals surface area contributed by atoms with Gasteiger partial charge in [0.2, 0.25) is 5.91 Å². The van der Waals surface area contributed by atoms with E-state index in [0.29, 0.717) is 15.7 Å². The highest BCUT2D eigenvalue weighted by Gasteiger charge is 2.25. The highest BCUT2D eigenvalue weighted by atomic mass is 32.2. The predicted molar refractivity (Wildman–Crippen MR) is 110 cm³/mol. The van der Waals surface area contributed by atoms with Gasteiger partial charge in [-0.15, -0.1) is 21.5 Å². The molecule has 0 bridgehead atoms. The number of nitrogens with one attached hydrogen (secondary N) is 1. The number of para-hydroxylation sites is 1. The third-order valence-electron chi connectivity index (χ3n) is 4.55. The van der Waals surface area contributed by atoms with Crippen LogP contribution in [0.2, 0.25) is 0 Å². The second kappa shape index (κ2) is 8.15. The third kappa shape index (κ3) is 3.81. The summed E-state index contributed by atoms with van der Waals surface area (Å²) in [6.45, 7) is 0. The van der Waals surface area contributed by atoms with Gasteiger partial charge < -0.3 is 11.1 Å². The van der Waals surface area contributed by atoms with Gasteiger partial charge >= 0.3 is 0 Å². The van der Waals surface area contributed by atoms with Crippen molar-refractivity contribution in [2.45, 2.75) is 30.8 Å². The van der Waals surface area contributed by atoms with Crippen molar-refractivity contribution < 1.29 is 9.59 Å². The third-order valence-corrected chi connectivity index (χ3v) is 6.70. The van der Waals surface area contributed by atoms with Crippen LogP contribution in [-0.4, -0.2) is 32.3 Å². The van der Waals surface area contributed by atoms with Gasteiger partial charge in [-0.1, -0.05) is 30.0 Å². The number of fused-ring (bicyclic) bond motifs is 1. The number of aryl methyl sites for hydroxylation is 1. The molecule has 9 heteroatoms. The van der Waals surface area contributed by atoms with Crippen LogP contribution in [0.5, 0.6) is 0 Å². The molecule has 1 aliphatic rings. The Bertz CT molecular complexity index is 1010. The van der Waals surface area contributed by atoms with Crippen LogP contribution < -0.4 is 11.1 Å². The Labute approximate surface area is 170 Å². The summed E-state index contributed by atoms with van der Waals surface area (Å²) >= 11 is 2.76. The molecule has 3 N–H and O–H groups in total. The summed E-state index contributed by atoms with van der Waals surface area (Å²) in [5.74, 6) is -0.522. The molecule has 2 amide bonds. The monoisotopic (exact) mass is 413 g/mol. The number of rotatable bonds is 6. The van der Waals surface area contributed by atoms with Crippen LogP contribution in [-0.2, 0) is 17.6 Å². The van der Waals surface area contributed by atoms with E-state index in [1.165, 1.54) is 23.1 Å². The molecule has 1 aliphatic carbocycles. The number of carbonyl (C=O) groups is 2. The Morgan fingerprint density at radius 1 is 1.21 bits per heavy atom. The average molecular weight is 414 g/mol. The predicted octanol–water partition coefficient (Wildman–Crippen LogP) is 3.04. The SMILES string of the molecule is NC(=O)c1c(NC(=O)CSc2nncn2-c2ccccc2)sc2c1CCCC2. The lowest BCUT2D eigenvalue weighted by Crippen LogP contribution is -2.19. The summed E-state index contributed by atoms with van der Waals surface area (Å²) in [5, 5.41) is 12.1. The van der Waals surface area contributed by atoms with E-state index in [1.54, 1.807) is 6.33 Å². The molecule has 2 heterocycles. The van der Waals surface area contributed by atoms with Gasteiger partial charge in [0.05, 0.1) is 11.3 Å². The smallest absolute Gasteiger partial charge is 0.251 e. The van der Waals surface area contributed by atoms with Gasteiger partial charge in [-0.3, -0.25) is 14.2 Å². The minimum Gasteiger partial charge on any atom is -0.365 e. The lowest BCUT2D eigenvalue weighted by atomic mass is 9.95. The zero-order valence-electron chi connectivity index (χ0n) is 15.1. The quantitative estimate of drug-likeness (QED) is 0.605. The average Bonchev–Trinajstić information content (AvgIpc) is 3.31. The van der Waals surface area contributed by atoms with Gasteiger partial charge in [-0.05, 0) is 43.4 Å². The number of anilines is 1. The van der Waals surface area contributed by atoms with E-state index in [-0.39, 0.29) is 11.7 Å². The van der Waals surface area contributed by atoms with Crippen molar-refractivity contribution >= 4 is 39.9 Å². The maximum atomic E-state index is 12.5. The number of aromatic nitrogens is 3. The van der Waals surface area contributed by atoms with Crippen LogP contribution in [0.4, 0.5) is 5.00 Å². The van der Waals surface area contributed by atoms with Gasteiger partial charge in [-0.25, -0.2) is 0 Å². The Morgan fingerprint density at radius 3 is 2.79 bits per heavy atom. The van der Waals surface area contributed by atoms with Crippen molar-refractivity contribution in [1.29, 1.82) is 0 Å². The highest BCUT2D eigenvalue weighted by Crippen LogP contribution is 2.38. The minimum absolute atomic E-state index is 0.159. The van der Waals surface area contributed by atoms with Crippen LogP contribution >= 0.6 is 23.1 Å². The van der Waals surface area contributed by atoms with Crippen molar-refractivity contribution in [1.82, 2.24) is 14.8 Å². The van der Waals surface area contributed by atoms with E-state index in [2.05, 4.69) is 15.5 Å². The first-order valence-electron chi connectivity index (χ1n) is 8.96. The van der Waals surface area contributed by atoms with E-state index >= 15 is 0 Å². The molecule has 0 unspecified atom stereocenters. The summed E-state index contributed by atoms with van der Waals surface area (Å²) in [7, 11) is 0. The Balaban J connectivity index is 1.46. The molecule has 0 radical (unpaired) electrons. The molecule has 1 aromatic carbocycles. The molecule has 28 heavy (non-hydrogen) atoms. The molecule has 4 rings (SSSR count). The standard InChI is InChI=1S/C19H19N5O2S2/c20-17(26)16-13-8-4-5-9-14(13)28-18(16)22-15(25)10-27-19-23-21-11-24(19)12-6-2-1-3-7-12/h1-3,6-7,11H,4-5,8-10H2,(H2,20,26)(H,22,25). The van der Waals surface area contributed by atoms with Gasteiger partial charge in [0.25, 0.3) is 5.91 Å². The van der Waals surface area contributed by atoms with Crippen molar-refractivity contribution in [3.05, 3.63) is 52.7 Å². The van der Waals surface area contributed by atoms with Crippen molar-refractivity contribution in [2.75, 3.05) is 11.1 Å². The van der Waals surface area contributed by atoms with Crippen molar-refractivity contribution in [3.8, 4) is 5.69 Å². The molecule has 0 aliphatic heterocycles. The van der Waals surface area contributed by atoms with E-state index in [0.717, 1.165) is 41.8 Å². The Hall–Kier alpha value is -2.65. The molecule has 3 aromatic rings. The summed E-state index contributed by atoms with van der Waals surface area (Å²) in [6.07, 6.45) is 5.54. The number of hydrogen-bond donors (Lipinski definition) is 2. The summed E-state index contributed by atoms with van der Waals surface area (Å²) in [6, 6.07) is 9.69. The maximum Gasteiger partial charge on any atom is 0.251 e. The number of nitrogens with two attached hydrogens (primary N) is 1. The molecule has 0 fully saturated rings. The normalized spacial score (nSPS) is 13.1. The van der Waals surface area contributed by atoms with Gasteiger partial charge in [-0.2, -0.15) is 0 Å². The number of hydrogen-bond acceptors (Lipinski definition) is 6. The fraction of sp³-hybridized carbons (Fsp3) is 0.263. The highest BCUT2D eigenvalue weighted by molar-refractivity contribution is 7.99. The van der Waals surface area contributed by atoms with Crippen molar-refractivity contribution in [2.24, 2.45) is 5.73 Å². The second-order valence-electron chi connectivity index (χ2n) is 6.44. The summed E-state index contributed by atoms with van der Waals surface area (Å²) in [5.41, 5.74) is 8.00. The van der Waals surface area contributed by atoms with Crippen LogP contribution in [0.15, 0.2) is 41.8 Å². The molecule has 7 nitrogen and oxygen atoms in total. The number of benzene rings is 1. The number of amides is 2. The molecular formula is C19H19N5O2S2. The molecular weight excluding hydrogens is 394 g/mol. The number of thiophene rings is 1. The van der Waals surface area contributed by atoms with Gasteiger partial charge in [0, 0.05) is 10.6 Å². The first-order valence-corrected chi connectivity index (χ1v) is 10.8. The van der Waals surface area contributed by atoms with Crippen LogP contribution in [0, 0.1) is 0 Å². The minimum atomic E-state index is -0.480.